The molecule has 1 aromatic heterocycles. The van der Waals surface area contributed by atoms with Crippen molar-refractivity contribution in [3.05, 3.63) is 32.7 Å². The lowest BCUT2D eigenvalue weighted by molar-refractivity contribution is 0.427. The molecule has 19 heavy (non-hydrogen) atoms. The molecule has 0 atom stereocenters. The summed E-state index contributed by atoms with van der Waals surface area (Å²) in [6, 6.07) is 2.85. The van der Waals surface area contributed by atoms with Crippen LogP contribution in [-0.2, 0) is 6.54 Å². The summed E-state index contributed by atoms with van der Waals surface area (Å²) in [6.45, 7) is -0.385. The van der Waals surface area contributed by atoms with Gasteiger partial charge < -0.3 is 5.73 Å². The standard InChI is InChI=1S/C10H10Cl2FN5O/c11-6-4-7(12)9(5-8(6)14)18-10(19)17(15-16-18)3-1-2-13/h4-5H,1-3,14H2. The third-order valence-electron chi connectivity index (χ3n) is 2.44. The van der Waals surface area contributed by atoms with E-state index in [9.17, 15) is 9.18 Å². The topological polar surface area (TPSA) is 78.7 Å². The number of aryl methyl sites for hydroxylation is 1. The first-order chi connectivity index (χ1) is 9.04. The van der Waals surface area contributed by atoms with Gasteiger partial charge in [-0.3, -0.25) is 4.39 Å². The number of benzene rings is 1. The number of aromatic nitrogens is 4. The molecule has 2 rings (SSSR count). The van der Waals surface area contributed by atoms with E-state index in [4.69, 9.17) is 28.9 Å². The Kier molecular flexibility index (Phi) is 4.06. The summed E-state index contributed by atoms with van der Waals surface area (Å²) >= 11 is 11.8. The van der Waals surface area contributed by atoms with Gasteiger partial charge in [0.1, 0.15) is 0 Å². The molecule has 0 spiro atoms. The maximum atomic E-state index is 12.1. The fourth-order valence-corrected chi connectivity index (χ4v) is 1.95. The number of halogens is 3. The van der Waals surface area contributed by atoms with Crippen molar-refractivity contribution in [2.45, 2.75) is 13.0 Å². The van der Waals surface area contributed by atoms with Crippen molar-refractivity contribution in [2.75, 3.05) is 12.4 Å². The minimum absolute atomic E-state index is 0.149. The van der Waals surface area contributed by atoms with Gasteiger partial charge in [0.15, 0.2) is 0 Å². The minimum Gasteiger partial charge on any atom is -0.397 e. The average Bonchev–Trinajstić information content (AvgIpc) is 2.73. The number of hydrogen-bond donors (Lipinski definition) is 1. The molecular formula is C10H10Cl2FN5O. The number of nitrogens with two attached hydrogens (primary N) is 1. The quantitative estimate of drug-likeness (QED) is 0.872. The number of rotatable bonds is 4. The molecule has 2 N–H and O–H groups in total. The molecular weight excluding hydrogens is 296 g/mol. The van der Waals surface area contributed by atoms with Crippen molar-refractivity contribution in [1.82, 2.24) is 19.8 Å². The molecule has 1 aromatic carbocycles. The molecule has 102 valence electrons. The lowest BCUT2D eigenvalue weighted by Crippen LogP contribution is -2.24. The van der Waals surface area contributed by atoms with Crippen LogP contribution in [0.3, 0.4) is 0 Å². The number of nitrogen functional groups attached to an aromatic ring is 1. The van der Waals surface area contributed by atoms with Crippen LogP contribution in [0.5, 0.6) is 0 Å². The molecule has 2 aromatic rings. The molecule has 0 aliphatic rings. The van der Waals surface area contributed by atoms with Crippen molar-refractivity contribution < 1.29 is 4.39 Å². The van der Waals surface area contributed by atoms with Gasteiger partial charge in [0.2, 0.25) is 0 Å². The summed E-state index contributed by atoms with van der Waals surface area (Å²) in [5.41, 5.74) is 5.68. The predicted molar refractivity (Wildman–Crippen MR) is 70.6 cm³/mol. The van der Waals surface area contributed by atoms with Gasteiger partial charge in [-0.2, -0.15) is 9.36 Å². The van der Waals surface area contributed by atoms with Crippen LogP contribution >= 0.6 is 23.2 Å². The van der Waals surface area contributed by atoms with Gasteiger partial charge in [-0.05, 0) is 29.0 Å². The zero-order valence-electron chi connectivity index (χ0n) is 9.68. The molecule has 0 amide bonds. The van der Waals surface area contributed by atoms with Crippen molar-refractivity contribution >= 4 is 28.9 Å². The monoisotopic (exact) mass is 305 g/mol. The van der Waals surface area contributed by atoms with E-state index in [1.165, 1.54) is 12.1 Å². The highest BCUT2D eigenvalue weighted by Crippen LogP contribution is 2.28. The largest absolute Gasteiger partial charge is 0.397 e. The molecule has 1 heterocycles. The SMILES string of the molecule is Nc1cc(-n2nnn(CCCF)c2=O)c(Cl)cc1Cl. The fraction of sp³-hybridized carbons (Fsp3) is 0.300. The third-order valence-corrected chi connectivity index (χ3v) is 3.07. The van der Waals surface area contributed by atoms with Crippen LogP contribution in [0.1, 0.15) is 6.42 Å². The van der Waals surface area contributed by atoms with Crippen molar-refractivity contribution in [3.63, 3.8) is 0 Å². The second kappa shape index (κ2) is 5.58. The molecule has 9 heteroatoms. The van der Waals surface area contributed by atoms with E-state index in [0.29, 0.717) is 0 Å². The van der Waals surface area contributed by atoms with Crippen LogP contribution in [-0.4, -0.2) is 26.5 Å². The Morgan fingerprint density at radius 1 is 1.26 bits per heavy atom. The summed E-state index contributed by atoms with van der Waals surface area (Å²) in [4.78, 5) is 12.0. The van der Waals surface area contributed by atoms with Gasteiger partial charge in [-0.25, -0.2) is 4.79 Å². The number of nitrogens with zero attached hydrogens (tertiary/aromatic N) is 4. The van der Waals surface area contributed by atoms with Crippen LogP contribution in [0.4, 0.5) is 10.1 Å². The van der Waals surface area contributed by atoms with Gasteiger partial charge >= 0.3 is 5.69 Å². The summed E-state index contributed by atoms with van der Waals surface area (Å²) in [6.07, 6.45) is 0.190. The van der Waals surface area contributed by atoms with Crippen LogP contribution in [0, 0.1) is 0 Å². The normalized spacial score (nSPS) is 10.9. The number of anilines is 1. The Balaban J connectivity index is 2.45. The van der Waals surface area contributed by atoms with Gasteiger partial charge in [0.05, 0.1) is 34.6 Å². The number of alkyl halides is 1. The molecule has 0 saturated heterocycles. The fourth-order valence-electron chi connectivity index (χ4n) is 1.49. The Bertz CT molecular complexity index is 654. The van der Waals surface area contributed by atoms with Gasteiger partial charge in [-0.1, -0.05) is 23.2 Å². The smallest absolute Gasteiger partial charge is 0.368 e. The van der Waals surface area contributed by atoms with Gasteiger partial charge in [0.25, 0.3) is 0 Å². The summed E-state index contributed by atoms with van der Waals surface area (Å²) in [5.74, 6) is 0. The van der Waals surface area contributed by atoms with E-state index in [1.54, 1.807) is 0 Å². The average molecular weight is 306 g/mol. The van der Waals surface area contributed by atoms with Crippen LogP contribution in [0.25, 0.3) is 5.69 Å². The van der Waals surface area contributed by atoms with E-state index in [2.05, 4.69) is 10.4 Å². The molecule has 0 saturated carbocycles. The van der Waals surface area contributed by atoms with Gasteiger partial charge in [0, 0.05) is 0 Å². The molecule has 0 fully saturated rings. The summed E-state index contributed by atoms with van der Waals surface area (Å²) in [7, 11) is 0. The molecule has 6 nitrogen and oxygen atoms in total. The molecule has 0 radical (unpaired) electrons. The molecule has 0 aliphatic heterocycles. The van der Waals surface area contributed by atoms with E-state index < -0.39 is 12.4 Å². The Morgan fingerprint density at radius 2 is 2.00 bits per heavy atom. The Hall–Kier alpha value is -1.60. The Labute approximate surface area is 117 Å². The van der Waals surface area contributed by atoms with Crippen molar-refractivity contribution in [2.24, 2.45) is 0 Å². The lowest BCUT2D eigenvalue weighted by Gasteiger charge is -2.05. The van der Waals surface area contributed by atoms with E-state index in [-0.39, 0.29) is 34.4 Å². The van der Waals surface area contributed by atoms with Crippen LogP contribution in [0.15, 0.2) is 16.9 Å². The Morgan fingerprint density at radius 3 is 2.68 bits per heavy atom. The molecule has 0 aliphatic carbocycles. The number of tetrazole rings is 1. The maximum absolute atomic E-state index is 12.1. The first-order valence-electron chi connectivity index (χ1n) is 5.38. The van der Waals surface area contributed by atoms with E-state index in [1.807, 2.05) is 0 Å². The van der Waals surface area contributed by atoms with E-state index >= 15 is 0 Å². The molecule has 0 bridgehead atoms. The van der Waals surface area contributed by atoms with Crippen molar-refractivity contribution in [1.29, 1.82) is 0 Å². The lowest BCUT2D eigenvalue weighted by atomic mass is 10.3. The highest BCUT2D eigenvalue weighted by molar-refractivity contribution is 6.37. The predicted octanol–water partition coefficient (Wildman–Crippen LogP) is 1.68. The second-order valence-corrected chi connectivity index (χ2v) is 4.58. The minimum atomic E-state index is -0.534. The first-order valence-corrected chi connectivity index (χ1v) is 6.14. The van der Waals surface area contributed by atoms with E-state index in [0.717, 1.165) is 9.36 Å². The highest BCUT2D eigenvalue weighted by Gasteiger charge is 2.13. The maximum Gasteiger partial charge on any atom is 0.368 e. The summed E-state index contributed by atoms with van der Waals surface area (Å²) in [5, 5.41) is 7.83. The zero-order valence-corrected chi connectivity index (χ0v) is 11.2. The van der Waals surface area contributed by atoms with Crippen LogP contribution in [0.2, 0.25) is 10.0 Å². The number of hydrogen-bond acceptors (Lipinski definition) is 4. The van der Waals surface area contributed by atoms with Crippen LogP contribution < -0.4 is 11.4 Å². The zero-order chi connectivity index (χ0) is 14.0. The highest BCUT2D eigenvalue weighted by atomic mass is 35.5. The first kappa shape index (κ1) is 13.8. The molecule has 0 unspecified atom stereocenters. The van der Waals surface area contributed by atoms with Gasteiger partial charge in [-0.15, -0.1) is 0 Å². The third kappa shape index (κ3) is 2.71. The summed E-state index contributed by atoms with van der Waals surface area (Å²) < 4.78 is 14.1. The second-order valence-electron chi connectivity index (χ2n) is 3.76. The van der Waals surface area contributed by atoms with Crippen molar-refractivity contribution in [3.8, 4) is 5.69 Å².